The molecule has 0 N–H and O–H groups in total. The number of halogens is 1. The van der Waals surface area contributed by atoms with Crippen LogP contribution in [0.1, 0.15) is 41.5 Å². The van der Waals surface area contributed by atoms with E-state index in [2.05, 4.69) is 15.9 Å². The molecule has 0 amide bonds. The standard InChI is InChI=1S/C12H19BrN2O2/c1-11(2,3)14-7-8(13)9(16)15(10(14)17)12(4,5)6/h7H,1-6H3. The van der Waals surface area contributed by atoms with Gasteiger partial charge in [0, 0.05) is 17.3 Å². The predicted molar refractivity (Wildman–Crippen MR) is 72.7 cm³/mol. The number of hydrogen-bond donors (Lipinski definition) is 0. The van der Waals surface area contributed by atoms with Crippen molar-refractivity contribution in [1.82, 2.24) is 9.13 Å². The molecule has 17 heavy (non-hydrogen) atoms. The molecule has 1 heterocycles. The van der Waals surface area contributed by atoms with Gasteiger partial charge in [0.2, 0.25) is 0 Å². The van der Waals surface area contributed by atoms with Gasteiger partial charge < -0.3 is 0 Å². The van der Waals surface area contributed by atoms with Crippen LogP contribution in [0.4, 0.5) is 0 Å². The van der Waals surface area contributed by atoms with E-state index in [-0.39, 0.29) is 16.8 Å². The van der Waals surface area contributed by atoms with Gasteiger partial charge >= 0.3 is 5.69 Å². The van der Waals surface area contributed by atoms with Gasteiger partial charge in [0.15, 0.2) is 0 Å². The topological polar surface area (TPSA) is 44.0 Å². The molecular weight excluding hydrogens is 284 g/mol. The van der Waals surface area contributed by atoms with Crippen molar-refractivity contribution in [1.29, 1.82) is 0 Å². The second-order valence-corrected chi connectivity index (χ2v) is 6.97. The molecule has 0 radical (unpaired) electrons. The molecule has 0 unspecified atom stereocenters. The van der Waals surface area contributed by atoms with Gasteiger partial charge in [-0.05, 0) is 57.5 Å². The summed E-state index contributed by atoms with van der Waals surface area (Å²) in [5, 5.41) is 0. The SMILES string of the molecule is CC(C)(C)n1cc(Br)c(=O)n(C(C)(C)C)c1=O. The maximum absolute atomic E-state index is 12.3. The number of hydrogen-bond acceptors (Lipinski definition) is 2. The second kappa shape index (κ2) is 4.12. The van der Waals surface area contributed by atoms with Crippen LogP contribution in [0.15, 0.2) is 20.3 Å². The highest BCUT2D eigenvalue weighted by Gasteiger charge is 2.24. The zero-order valence-corrected chi connectivity index (χ0v) is 12.8. The van der Waals surface area contributed by atoms with Crippen molar-refractivity contribution in [2.45, 2.75) is 52.6 Å². The van der Waals surface area contributed by atoms with E-state index in [1.165, 1.54) is 4.57 Å². The first-order chi connectivity index (χ1) is 7.46. The summed E-state index contributed by atoms with van der Waals surface area (Å²) in [6.45, 7) is 11.3. The summed E-state index contributed by atoms with van der Waals surface area (Å²) in [7, 11) is 0. The highest BCUT2D eigenvalue weighted by Crippen LogP contribution is 2.15. The molecule has 0 bridgehead atoms. The van der Waals surface area contributed by atoms with Crippen molar-refractivity contribution < 1.29 is 0 Å². The molecule has 1 aromatic rings. The van der Waals surface area contributed by atoms with E-state index in [0.717, 1.165) is 0 Å². The Morgan fingerprint density at radius 1 is 1.00 bits per heavy atom. The van der Waals surface area contributed by atoms with Gasteiger partial charge in [-0.2, -0.15) is 0 Å². The van der Waals surface area contributed by atoms with Crippen molar-refractivity contribution in [2.24, 2.45) is 0 Å². The number of nitrogens with zero attached hydrogens (tertiary/aromatic N) is 2. The lowest BCUT2D eigenvalue weighted by molar-refractivity contribution is 0.309. The lowest BCUT2D eigenvalue weighted by atomic mass is 10.1. The summed E-state index contributed by atoms with van der Waals surface area (Å²) in [4.78, 5) is 24.4. The third kappa shape index (κ3) is 2.70. The number of rotatable bonds is 0. The lowest BCUT2D eigenvalue weighted by Gasteiger charge is -2.27. The average molecular weight is 303 g/mol. The molecule has 0 saturated heterocycles. The lowest BCUT2D eigenvalue weighted by Crippen LogP contribution is -2.50. The minimum Gasteiger partial charge on any atom is -0.294 e. The highest BCUT2D eigenvalue weighted by atomic mass is 79.9. The van der Waals surface area contributed by atoms with E-state index in [9.17, 15) is 9.59 Å². The Morgan fingerprint density at radius 3 is 1.82 bits per heavy atom. The van der Waals surface area contributed by atoms with Crippen molar-refractivity contribution >= 4 is 15.9 Å². The zero-order chi connectivity index (χ0) is 13.6. The molecule has 0 aliphatic carbocycles. The minimum atomic E-state index is -0.537. The molecule has 1 rings (SSSR count). The van der Waals surface area contributed by atoms with E-state index >= 15 is 0 Å². The van der Waals surface area contributed by atoms with Crippen molar-refractivity contribution in [3.05, 3.63) is 31.5 Å². The van der Waals surface area contributed by atoms with Crippen LogP contribution in [0.25, 0.3) is 0 Å². The van der Waals surface area contributed by atoms with Crippen LogP contribution in [-0.2, 0) is 11.1 Å². The normalized spacial score (nSPS) is 12.9. The molecule has 0 fully saturated rings. The number of aromatic nitrogens is 2. The maximum Gasteiger partial charge on any atom is 0.332 e. The van der Waals surface area contributed by atoms with Crippen LogP contribution in [0.3, 0.4) is 0 Å². The molecular formula is C12H19BrN2O2. The third-order valence-corrected chi connectivity index (χ3v) is 2.98. The first-order valence-electron chi connectivity index (χ1n) is 5.51. The summed E-state index contributed by atoms with van der Waals surface area (Å²) in [5.41, 5.74) is -1.47. The van der Waals surface area contributed by atoms with E-state index in [4.69, 9.17) is 0 Å². The minimum absolute atomic E-state index is 0.279. The van der Waals surface area contributed by atoms with Crippen LogP contribution in [0, 0.1) is 0 Å². The fourth-order valence-electron chi connectivity index (χ4n) is 1.60. The predicted octanol–water partition coefficient (Wildman–Crippen LogP) is 2.28. The van der Waals surface area contributed by atoms with E-state index < -0.39 is 5.54 Å². The molecule has 0 aliphatic heterocycles. The summed E-state index contributed by atoms with van der Waals surface area (Å²) < 4.78 is 3.26. The zero-order valence-electron chi connectivity index (χ0n) is 11.2. The van der Waals surface area contributed by atoms with Crippen LogP contribution in [0.5, 0.6) is 0 Å². The smallest absolute Gasteiger partial charge is 0.294 e. The molecule has 0 saturated carbocycles. The monoisotopic (exact) mass is 302 g/mol. The largest absolute Gasteiger partial charge is 0.332 e. The Bertz CT molecular complexity index is 542. The first kappa shape index (κ1) is 14.2. The molecule has 0 aliphatic rings. The van der Waals surface area contributed by atoms with Crippen LogP contribution in [-0.4, -0.2) is 9.13 Å². The molecule has 0 aromatic carbocycles. The van der Waals surface area contributed by atoms with Gasteiger partial charge in [-0.25, -0.2) is 4.79 Å². The second-order valence-electron chi connectivity index (χ2n) is 6.11. The van der Waals surface area contributed by atoms with Gasteiger partial charge in [-0.3, -0.25) is 13.9 Å². The van der Waals surface area contributed by atoms with Gasteiger partial charge in [0.05, 0.1) is 4.47 Å². The molecule has 0 spiro atoms. The van der Waals surface area contributed by atoms with Crippen LogP contribution in [0.2, 0.25) is 0 Å². The Labute approximate surface area is 109 Å². The summed E-state index contributed by atoms with van der Waals surface area (Å²) >= 11 is 3.22. The average Bonchev–Trinajstić information content (AvgIpc) is 2.07. The first-order valence-corrected chi connectivity index (χ1v) is 6.31. The van der Waals surface area contributed by atoms with E-state index in [1.807, 2.05) is 41.5 Å². The van der Waals surface area contributed by atoms with Gasteiger partial charge in [-0.1, -0.05) is 0 Å². The van der Waals surface area contributed by atoms with E-state index in [0.29, 0.717) is 4.47 Å². The van der Waals surface area contributed by atoms with Crippen molar-refractivity contribution in [3.63, 3.8) is 0 Å². The van der Waals surface area contributed by atoms with Crippen LogP contribution < -0.4 is 11.2 Å². The van der Waals surface area contributed by atoms with Crippen molar-refractivity contribution in [2.75, 3.05) is 0 Å². The molecule has 4 nitrogen and oxygen atoms in total. The summed E-state index contributed by atoms with van der Waals surface area (Å²) in [6, 6.07) is 0. The molecule has 0 atom stereocenters. The molecule has 1 aromatic heterocycles. The molecule has 96 valence electrons. The Hall–Kier alpha value is -0.840. The van der Waals surface area contributed by atoms with E-state index in [1.54, 1.807) is 10.8 Å². The van der Waals surface area contributed by atoms with Crippen LogP contribution >= 0.6 is 15.9 Å². The third-order valence-electron chi connectivity index (χ3n) is 2.44. The highest BCUT2D eigenvalue weighted by molar-refractivity contribution is 9.10. The van der Waals surface area contributed by atoms with Gasteiger partial charge in [0.25, 0.3) is 5.56 Å². The summed E-state index contributed by atoms with van der Waals surface area (Å²) in [6.07, 6.45) is 1.56. The van der Waals surface area contributed by atoms with Gasteiger partial charge in [0.1, 0.15) is 0 Å². The summed E-state index contributed by atoms with van der Waals surface area (Å²) in [5.74, 6) is 0. The fraction of sp³-hybridized carbons (Fsp3) is 0.667. The quantitative estimate of drug-likeness (QED) is 0.738. The Kier molecular flexibility index (Phi) is 3.45. The Balaban J connectivity index is 3.81. The fourth-order valence-corrected chi connectivity index (χ4v) is 1.98. The van der Waals surface area contributed by atoms with Gasteiger partial charge in [-0.15, -0.1) is 0 Å². The van der Waals surface area contributed by atoms with Crippen molar-refractivity contribution in [3.8, 4) is 0 Å². The Morgan fingerprint density at radius 2 is 1.47 bits per heavy atom. The molecule has 5 heteroatoms. The maximum atomic E-state index is 12.3.